The van der Waals surface area contributed by atoms with E-state index in [1.165, 1.54) is 18.2 Å². The van der Waals surface area contributed by atoms with Gasteiger partial charge in [-0.05, 0) is 30.3 Å². The molecule has 2 aromatic rings. The molecular weight excluding hydrogens is 352 g/mol. The van der Waals surface area contributed by atoms with Crippen molar-refractivity contribution in [2.45, 2.75) is 31.1 Å². The van der Waals surface area contributed by atoms with Gasteiger partial charge in [-0.25, -0.2) is 18.1 Å². The maximum Gasteiger partial charge on any atom is 0.268 e. The maximum absolute atomic E-state index is 12.6. The summed E-state index contributed by atoms with van der Waals surface area (Å²) in [5.41, 5.74) is 6.70. The first-order valence-electron chi connectivity index (χ1n) is 8.03. The Balaban J connectivity index is 2.40. The predicted molar refractivity (Wildman–Crippen MR) is 103 cm³/mol. The molecule has 3 N–H and O–H groups in total. The second-order valence-corrected chi connectivity index (χ2v) is 8.90. The standard InChI is InChI=1S/C18H24N4O3S/c1-18(2,3)15-10-9-14(16(20-15)22(4)5)17(23)21-26(24,25)13-8-6-7-12(19)11-13/h6-11H,19H2,1-5H3,(H,21,23). The van der Waals surface area contributed by atoms with Crippen LogP contribution in [0.15, 0.2) is 41.3 Å². The number of nitrogens with one attached hydrogen (secondary N) is 1. The van der Waals surface area contributed by atoms with E-state index in [1.54, 1.807) is 37.2 Å². The van der Waals surface area contributed by atoms with Crippen molar-refractivity contribution < 1.29 is 13.2 Å². The van der Waals surface area contributed by atoms with Gasteiger partial charge in [-0.3, -0.25) is 4.79 Å². The van der Waals surface area contributed by atoms with Gasteiger partial charge in [0.05, 0.1) is 10.5 Å². The van der Waals surface area contributed by atoms with Gasteiger partial charge in [0, 0.05) is 30.9 Å². The summed E-state index contributed by atoms with van der Waals surface area (Å²) in [6.45, 7) is 6.04. The minimum absolute atomic E-state index is 0.0727. The van der Waals surface area contributed by atoms with Crippen LogP contribution in [-0.2, 0) is 15.4 Å². The van der Waals surface area contributed by atoms with Crippen molar-refractivity contribution in [3.05, 3.63) is 47.7 Å². The van der Waals surface area contributed by atoms with Gasteiger partial charge >= 0.3 is 0 Å². The van der Waals surface area contributed by atoms with Crippen molar-refractivity contribution in [2.75, 3.05) is 24.7 Å². The summed E-state index contributed by atoms with van der Waals surface area (Å²) >= 11 is 0. The van der Waals surface area contributed by atoms with Crippen LogP contribution in [-0.4, -0.2) is 33.4 Å². The number of nitrogen functional groups attached to an aromatic ring is 1. The zero-order valence-electron chi connectivity index (χ0n) is 15.6. The highest BCUT2D eigenvalue weighted by Crippen LogP contribution is 2.25. The smallest absolute Gasteiger partial charge is 0.268 e. The number of hydrogen-bond acceptors (Lipinski definition) is 6. The second kappa shape index (κ2) is 6.95. The first-order chi connectivity index (χ1) is 11.9. The van der Waals surface area contributed by atoms with Crippen molar-refractivity contribution in [3.63, 3.8) is 0 Å². The third-order valence-corrected chi connectivity index (χ3v) is 5.04. The van der Waals surface area contributed by atoms with Gasteiger partial charge < -0.3 is 10.6 Å². The van der Waals surface area contributed by atoms with Crippen LogP contribution < -0.4 is 15.4 Å². The average Bonchev–Trinajstić information content (AvgIpc) is 2.53. The van der Waals surface area contributed by atoms with E-state index >= 15 is 0 Å². The van der Waals surface area contributed by atoms with E-state index in [2.05, 4.69) is 9.71 Å². The Hall–Kier alpha value is -2.61. The molecule has 0 aliphatic heterocycles. The molecule has 26 heavy (non-hydrogen) atoms. The van der Waals surface area contributed by atoms with Gasteiger partial charge in [-0.15, -0.1) is 0 Å². The Bertz CT molecular complexity index is 932. The number of benzene rings is 1. The van der Waals surface area contributed by atoms with Gasteiger partial charge in [-0.1, -0.05) is 26.8 Å². The first-order valence-corrected chi connectivity index (χ1v) is 9.51. The molecule has 0 saturated carbocycles. The minimum Gasteiger partial charge on any atom is -0.399 e. The summed E-state index contributed by atoms with van der Waals surface area (Å²) in [7, 11) is -0.541. The van der Waals surface area contributed by atoms with E-state index in [-0.39, 0.29) is 15.9 Å². The molecule has 1 amide bonds. The topological polar surface area (TPSA) is 105 Å². The average molecular weight is 376 g/mol. The molecule has 2 rings (SSSR count). The number of rotatable bonds is 4. The molecule has 0 saturated heterocycles. The summed E-state index contributed by atoms with van der Waals surface area (Å²) in [4.78, 5) is 18.8. The van der Waals surface area contributed by atoms with Crippen molar-refractivity contribution in [2.24, 2.45) is 0 Å². The number of anilines is 2. The van der Waals surface area contributed by atoms with Crippen molar-refractivity contribution in [1.82, 2.24) is 9.71 Å². The number of aromatic nitrogens is 1. The van der Waals surface area contributed by atoms with E-state index in [4.69, 9.17) is 5.73 Å². The SMILES string of the molecule is CN(C)c1nc(C(C)(C)C)ccc1C(=O)NS(=O)(=O)c1cccc(N)c1. The molecule has 0 fully saturated rings. The molecule has 7 nitrogen and oxygen atoms in total. The third-order valence-electron chi connectivity index (χ3n) is 3.71. The molecule has 1 heterocycles. The number of amides is 1. The largest absolute Gasteiger partial charge is 0.399 e. The van der Waals surface area contributed by atoms with Crippen molar-refractivity contribution in [1.29, 1.82) is 0 Å². The second-order valence-electron chi connectivity index (χ2n) is 7.22. The van der Waals surface area contributed by atoms with E-state index in [0.29, 0.717) is 11.5 Å². The fourth-order valence-electron chi connectivity index (χ4n) is 2.30. The summed E-state index contributed by atoms with van der Waals surface area (Å²) in [5, 5.41) is 0. The highest BCUT2D eigenvalue weighted by atomic mass is 32.2. The molecule has 1 aromatic carbocycles. The molecular formula is C18H24N4O3S. The van der Waals surface area contributed by atoms with Crippen LogP contribution in [0.2, 0.25) is 0 Å². The van der Waals surface area contributed by atoms with Crippen LogP contribution >= 0.6 is 0 Å². The molecule has 0 atom stereocenters. The van der Waals surface area contributed by atoms with Crippen LogP contribution in [0.25, 0.3) is 0 Å². The lowest BCUT2D eigenvalue weighted by molar-refractivity contribution is 0.0981. The fourth-order valence-corrected chi connectivity index (χ4v) is 3.32. The monoisotopic (exact) mass is 376 g/mol. The number of nitrogens with zero attached hydrogens (tertiary/aromatic N) is 2. The molecule has 140 valence electrons. The van der Waals surface area contributed by atoms with E-state index in [9.17, 15) is 13.2 Å². The van der Waals surface area contributed by atoms with E-state index < -0.39 is 15.9 Å². The summed E-state index contributed by atoms with van der Waals surface area (Å²) < 4.78 is 27.0. The summed E-state index contributed by atoms with van der Waals surface area (Å²) in [5.74, 6) is -0.346. The molecule has 0 radical (unpaired) electrons. The van der Waals surface area contributed by atoms with Crippen LogP contribution in [0.5, 0.6) is 0 Å². The lowest BCUT2D eigenvalue weighted by atomic mass is 9.91. The van der Waals surface area contributed by atoms with Crippen LogP contribution in [0.4, 0.5) is 11.5 Å². The van der Waals surface area contributed by atoms with Crippen molar-refractivity contribution in [3.8, 4) is 0 Å². The molecule has 0 aliphatic rings. The number of carbonyl (C=O) groups is 1. The Labute approximate surface area is 154 Å². The summed E-state index contributed by atoms with van der Waals surface area (Å²) in [6.07, 6.45) is 0. The Morgan fingerprint density at radius 2 is 1.81 bits per heavy atom. The van der Waals surface area contributed by atoms with Crippen molar-refractivity contribution >= 4 is 27.4 Å². The number of sulfonamides is 1. The fraction of sp³-hybridized carbons (Fsp3) is 0.333. The number of carbonyl (C=O) groups excluding carboxylic acids is 1. The Morgan fingerprint density at radius 3 is 2.35 bits per heavy atom. The van der Waals surface area contributed by atoms with E-state index in [1.807, 2.05) is 20.8 Å². The highest BCUT2D eigenvalue weighted by molar-refractivity contribution is 7.90. The quantitative estimate of drug-likeness (QED) is 0.792. The van der Waals surface area contributed by atoms with Crippen LogP contribution in [0.1, 0.15) is 36.8 Å². The predicted octanol–water partition coefficient (Wildman–Crippen LogP) is 2.15. The lowest BCUT2D eigenvalue weighted by Gasteiger charge is -2.22. The Morgan fingerprint density at radius 1 is 1.15 bits per heavy atom. The normalized spacial score (nSPS) is 11.9. The third kappa shape index (κ3) is 4.32. The minimum atomic E-state index is -4.04. The van der Waals surface area contributed by atoms with E-state index in [0.717, 1.165) is 5.69 Å². The van der Waals surface area contributed by atoms with Crippen LogP contribution in [0.3, 0.4) is 0 Å². The number of hydrogen-bond donors (Lipinski definition) is 2. The Kier molecular flexibility index (Phi) is 5.27. The van der Waals surface area contributed by atoms with Gasteiger partial charge in [0.15, 0.2) is 0 Å². The maximum atomic E-state index is 12.6. The summed E-state index contributed by atoms with van der Waals surface area (Å²) in [6, 6.07) is 9.07. The van der Waals surface area contributed by atoms with Gasteiger partial charge in [0.25, 0.3) is 15.9 Å². The number of nitrogens with two attached hydrogens (primary N) is 1. The zero-order valence-corrected chi connectivity index (χ0v) is 16.4. The molecule has 0 aliphatic carbocycles. The molecule has 0 unspecified atom stereocenters. The van der Waals surface area contributed by atoms with Gasteiger partial charge in [0.1, 0.15) is 5.82 Å². The highest BCUT2D eigenvalue weighted by Gasteiger charge is 2.24. The zero-order chi connectivity index (χ0) is 19.7. The number of pyridine rings is 1. The molecule has 0 bridgehead atoms. The molecule has 8 heteroatoms. The van der Waals surface area contributed by atoms with Gasteiger partial charge in [-0.2, -0.15) is 0 Å². The molecule has 1 aromatic heterocycles. The first kappa shape index (κ1) is 19.7. The molecule has 0 spiro atoms. The van der Waals surface area contributed by atoms with Gasteiger partial charge in [0.2, 0.25) is 0 Å². The van der Waals surface area contributed by atoms with Crippen LogP contribution in [0, 0.1) is 0 Å². The lowest BCUT2D eigenvalue weighted by Crippen LogP contribution is -2.32.